The third-order valence-corrected chi connectivity index (χ3v) is 5.25. The average Bonchev–Trinajstić information content (AvgIpc) is 2.77. The Labute approximate surface area is 183 Å². The minimum atomic E-state index is -4.24. The van der Waals surface area contributed by atoms with Crippen LogP contribution in [0.5, 0.6) is 0 Å². The summed E-state index contributed by atoms with van der Waals surface area (Å²) in [5.74, 6) is -3.40. The zero-order chi connectivity index (χ0) is 23.7. The molecule has 1 aromatic heterocycles. The summed E-state index contributed by atoms with van der Waals surface area (Å²) in [6.07, 6.45) is 0.980. The molecule has 0 bridgehead atoms. The molecule has 4 N–H and O–H groups in total. The number of rotatable bonds is 10. The van der Waals surface area contributed by atoms with Crippen LogP contribution in [0, 0.1) is 0 Å². The summed E-state index contributed by atoms with van der Waals surface area (Å²) in [6, 6.07) is 7.27. The van der Waals surface area contributed by atoms with Crippen LogP contribution in [0.1, 0.15) is 31.2 Å². The van der Waals surface area contributed by atoms with Crippen LogP contribution < -0.4 is 15.4 Å². The van der Waals surface area contributed by atoms with E-state index in [0.29, 0.717) is 13.2 Å². The highest BCUT2D eigenvalue weighted by atomic mass is 32.2. The first-order chi connectivity index (χ1) is 15.1. The number of aliphatic carboxylic acids is 1. The van der Waals surface area contributed by atoms with Gasteiger partial charge in [-0.05, 0) is 36.4 Å². The largest absolute Gasteiger partial charge is 0.480 e. The molecule has 2 aromatic rings. The lowest BCUT2D eigenvalue weighted by Crippen LogP contribution is -2.31. The molecule has 2 rings (SSSR count). The topological polar surface area (TPSA) is 181 Å². The highest BCUT2D eigenvalue weighted by Crippen LogP contribution is 2.12. The molecule has 3 amide bonds. The lowest BCUT2D eigenvalue weighted by molar-refractivity contribution is -0.135. The van der Waals surface area contributed by atoms with Crippen molar-refractivity contribution in [1.29, 1.82) is 0 Å². The second-order valence-electron chi connectivity index (χ2n) is 6.22. The number of methoxy groups -OCH3 is 1. The number of pyridine rings is 1. The van der Waals surface area contributed by atoms with Crippen LogP contribution in [-0.2, 0) is 19.6 Å². The van der Waals surface area contributed by atoms with E-state index in [1.165, 1.54) is 37.4 Å². The lowest BCUT2D eigenvalue weighted by Gasteiger charge is -2.09. The Bertz CT molecular complexity index is 1100. The molecule has 0 aliphatic rings. The maximum Gasteiger partial charge on any atom is 0.322 e. The molecule has 1 heterocycles. The van der Waals surface area contributed by atoms with E-state index < -0.39 is 40.3 Å². The van der Waals surface area contributed by atoms with Crippen LogP contribution in [0.15, 0.2) is 47.5 Å². The molecule has 32 heavy (non-hydrogen) atoms. The normalized spacial score (nSPS) is 10.8. The molecule has 0 radical (unpaired) electrons. The minimum Gasteiger partial charge on any atom is -0.480 e. The predicted molar refractivity (Wildman–Crippen MR) is 110 cm³/mol. The van der Waals surface area contributed by atoms with Gasteiger partial charge in [0.25, 0.3) is 27.7 Å². The average molecular weight is 464 g/mol. The second-order valence-corrected chi connectivity index (χ2v) is 7.90. The summed E-state index contributed by atoms with van der Waals surface area (Å²) in [7, 11) is -2.75. The molecule has 0 fully saturated rings. The van der Waals surface area contributed by atoms with Gasteiger partial charge in [0.2, 0.25) is 0 Å². The highest BCUT2D eigenvalue weighted by molar-refractivity contribution is 7.90. The molecule has 0 saturated heterocycles. The van der Waals surface area contributed by atoms with Gasteiger partial charge in [-0.15, -0.1) is 0 Å². The van der Waals surface area contributed by atoms with Crippen LogP contribution in [0.4, 0.5) is 0 Å². The number of nitrogens with zero attached hydrogens (tertiary/aromatic N) is 1. The number of sulfonamides is 1. The number of carboxylic acid groups (broad SMARTS) is 1. The van der Waals surface area contributed by atoms with Crippen LogP contribution in [0.2, 0.25) is 0 Å². The van der Waals surface area contributed by atoms with Gasteiger partial charge in [0.05, 0.1) is 17.1 Å². The van der Waals surface area contributed by atoms with Crippen molar-refractivity contribution in [2.75, 3.05) is 26.8 Å². The van der Waals surface area contributed by atoms with Crippen LogP contribution in [0.25, 0.3) is 0 Å². The molecular weight excluding hydrogens is 444 g/mol. The monoisotopic (exact) mass is 464 g/mol. The van der Waals surface area contributed by atoms with Gasteiger partial charge in [0, 0.05) is 25.4 Å². The molecule has 1 aromatic carbocycles. The fourth-order valence-electron chi connectivity index (χ4n) is 2.30. The van der Waals surface area contributed by atoms with E-state index >= 15 is 0 Å². The number of ether oxygens (including phenoxy) is 1. The number of hydrogen-bond donors (Lipinski definition) is 4. The summed E-state index contributed by atoms with van der Waals surface area (Å²) in [4.78, 5) is 49.9. The van der Waals surface area contributed by atoms with Crippen molar-refractivity contribution in [2.45, 2.75) is 4.90 Å². The van der Waals surface area contributed by atoms with Crippen LogP contribution in [0.3, 0.4) is 0 Å². The van der Waals surface area contributed by atoms with E-state index in [4.69, 9.17) is 9.84 Å². The summed E-state index contributed by atoms with van der Waals surface area (Å²) in [5, 5.41) is 13.2. The van der Waals surface area contributed by atoms with E-state index in [2.05, 4.69) is 15.6 Å². The van der Waals surface area contributed by atoms with Crippen molar-refractivity contribution in [1.82, 2.24) is 20.3 Å². The van der Waals surface area contributed by atoms with Crippen molar-refractivity contribution in [3.8, 4) is 0 Å². The molecule has 0 aliphatic heterocycles. The molecular formula is C19H20N4O8S. The van der Waals surface area contributed by atoms with Gasteiger partial charge in [-0.1, -0.05) is 0 Å². The number of carbonyl (C=O) groups is 4. The van der Waals surface area contributed by atoms with Crippen LogP contribution >= 0.6 is 0 Å². The van der Waals surface area contributed by atoms with E-state index in [9.17, 15) is 27.6 Å². The first kappa shape index (κ1) is 24.4. The standard InChI is InChI=1S/C19H20N4O8S/c1-31-9-8-20-17(26)12-2-5-14(6-3-12)32(29,30)23-18(27)13-4-7-15(21-10-13)19(28)22-11-16(24)25/h2-7,10H,8-9,11H2,1H3,(H,20,26)(H,22,28)(H,23,27)(H,24,25). The maximum absolute atomic E-state index is 12.4. The van der Waals surface area contributed by atoms with Gasteiger partial charge in [0.1, 0.15) is 12.2 Å². The molecule has 170 valence electrons. The zero-order valence-electron chi connectivity index (χ0n) is 16.8. The maximum atomic E-state index is 12.4. The van der Waals surface area contributed by atoms with Gasteiger partial charge >= 0.3 is 5.97 Å². The van der Waals surface area contributed by atoms with Gasteiger partial charge in [0.15, 0.2) is 0 Å². The van der Waals surface area contributed by atoms with Gasteiger partial charge in [-0.25, -0.2) is 13.1 Å². The summed E-state index contributed by atoms with van der Waals surface area (Å²) < 4.78 is 31.6. The Kier molecular flexibility index (Phi) is 8.38. The lowest BCUT2D eigenvalue weighted by atomic mass is 10.2. The highest BCUT2D eigenvalue weighted by Gasteiger charge is 2.20. The number of amides is 3. The van der Waals surface area contributed by atoms with Crippen molar-refractivity contribution in [3.05, 3.63) is 59.4 Å². The minimum absolute atomic E-state index is 0.141. The van der Waals surface area contributed by atoms with Crippen molar-refractivity contribution in [2.24, 2.45) is 0 Å². The first-order valence-corrected chi connectivity index (χ1v) is 10.5. The van der Waals surface area contributed by atoms with Crippen molar-refractivity contribution in [3.63, 3.8) is 0 Å². The first-order valence-electron chi connectivity index (χ1n) is 9.04. The van der Waals surface area contributed by atoms with E-state index in [0.717, 1.165) is 12.3 Å². The summed E-state index contributed by atoms with van der Waals surface area (Å²) >= 11 is 0. The van der Waals surface area contributed by atoms with E-state index in [1.54, 1.807) is 0 Å². The zero-order valence-corrected chi connectivity index (χ0v) is 17.6. The Morgan fingerprint density at radius 2 is 1.59 bits per heavy atom. The van der Waals surface area contributed by atoms with Gasteiger partial charge in [-0.2, -0.15) is 0 Å². The summed E-state index contributed by atoms with van der Waals surface area (Å²) in [5.41, 5.74) is -0.0603. The van der Waals surface area contributed by atoms with E-state index in [-0.39, 0.29) is 21.7 Å². The molecule has 13 heteroatoms. The number of carbonyl (C=O) groups excluding carboxylic acids is 3. The van der Waals surface area contributed by atoms with Crippen LogP contribution in [-0.4, -0.2) is 69.0 Å². The number of hydrogen-bond acceptors (Lipinski definition) is 8. The molecule has 0 saturated carbocycles. The van der Waals surface area contributed by atoms with Gasteiger partial charge < -0.3 is 20.5 Å². The molecule has 0 spiro atoms. The fourth-order valence-corrected chi connectivity index (χ4v) is 3.28. The smallest absolute Gasteiger partial charge is 0.322 e. The Morgan fingerprint density at radius 3 is 2.16 bits per heavy atom. The third kappa shape index (κ3) is 6.85. The third-order valence-electron chi connectivity index (χ3n) is 3.90. The number of aromatic nitrogens is 1. The quantitative estimate of drug-likeness (QED) is 0.333. The number of carboxylic acids is 1. The molecule has 12 nitrogen and oxygen atoms in total. The van der Waals surface area contributed by atoms with Gasteiger partial charge in [-0.3, -0.25) is 24.2 Å². The predicted octanol–water partition coefficient (Wildman–Crippen LogP) is -0.609. The Hall–Kier alpha value is -3.84. The van der Waals surface area contributed by atoms with Crippen molar-refractivity contribution >= 4 is 33.7 Å². The Balaban J connectivity index is 2.03. The molecule has 0 atom stereocenters. The number of benzene rings is 1. The van der Waals surface area contributed by atoms with Crippen molar-refractivity contribution < 1.29 is 37.4 Å². The summed E-state index contributed by atoms with van der Waals surface area (Å²) in [6.45, 7) is 0.0150. The van der Waals surface area contributed by atoms with E-state index in [1.807, 2.05) is 4.72 Å². The number of nitrogens with one attached hydrogen (secondary N) is 3. The molecule has 0 unspecified atom stereocenters. The Morgan fingerprint density at radius 1 is 0.938 bits per heavy atom. The fraction of sp³-hybridized carbons (Fsp3) is 0.211. The second kappa shape index (κ2) is 11.0. The molecule has 0 aliphatic carbocycles. The SMILES string of the molecule is COCCNC(=O)c1ccc(S(=O)(=O)NC(=O)c2ccc(C(=O)NCC(=O)O)nc2)cc1.